The van der Waals surface area contributed by atoms with E-state index in [9.17, 15) is 0 Å². The van der Waals surface area contributed by atoms with Gasteiger partial charge in [-0.2, -0.15) is 0 Å². The Morgan fingerprint density at radius 2 is 1.76 bits per heavy atom. The van der Waals surface area contributed by atoms with Crippen molar-refractivity contribution in [3.05, 3.63) is 11.4 Å². The summed E-state index contributed by atoms with van der Waals surface area (Å²) in [4.78, 5) is 10.9. The quantitative estimate of drug-likeness (QED) is 0.813. The Balaban J connectivity index is 2.86. The number of rotatable bonds is 5. The van der Waals surface area contributed by atoms with E-state index in [-0.39, 0.29) is 0 Å². The molecule has 0 saturated heterocycles. The fourth-order valence-corrected chi connectivity index (χ4v) is 1.84. The van der Waals surface area contributed by atoms with Gasteiger partial charge in [0.05, 0.1) is 0 Å². The maximum Gasteiger partial charge on any atom is 0.135 e. The number of aromatic nitrogens is 2. The van der Waals surface area contributed by atoms with Crippen LogP contribution < -0.4 is 10.6 Å². The topological polar surface area (TPSA) is 53.1 Å². The summed E-state index contributed by atoms with van der Waals surface area (Å²) in [6.45, 7) is 7.05. The Morgan fingerprint density at radius 1 is 1.18 bits per heavy atom. The second kappa shape index (κ2) is 5.82. The van der Waals surface area contributed by atoms with Gasteiger partial charge >= 0.3 is 0 Å². The monoisotopic (exact) mass is 237 g/mol. The zero-order valence-electron chi connectivity index (χ0n) is 11.6. The first-order chi connectivity index (χ1) is 7.93. The van der Waals surface area contributed by atoms with Gasteiger partial charge in [0, 0.05) is 25.2 Å². The van der Waals surface area contributed by atoms with Crippen LogP contribution >= 0.6 is 0 Å². The predicted molar refractivity (Wildman–Crippen MR) is 72.7 cm³/mol. The Kier molecular flexibility index (Phi) is 4.69. The zero-order valence-corrected chi connectivity index (χ0v) is 11.6. The molecule has 0 aliphatic carbocycles. The molecule has 5 heteroatoms. The maximum atomic E-state index is 4.45. The standard InChI is InChI=1S/C12H23N5/c1-8(7-17(5)6)14-12-9(2)11(13-4)15-10(3)16-12/h8H,7H2,1-6H3,(H2,13,14,15,16). The summed E-state index contributed by atoms with van der Waals surface area (Å²) in [6, 6.07) is 0.350. The lowest BCUT2D eigenvalue weighted by molar-refractivity contribution is 0.392. The molecule has 1 aromatic heterocycles. The van der Waals surface area contributed by atoms with E-state index in [1.807, 2.05) is 20.9 Å². The van der Waals surface area contributed by atoms with Gasteiger partial charge in [0.15, 0.2) is 0 Å². The minimum Gasteiger partial charge on any atom is -0.373 e. The fourth-order valence-electron chi connectivity index (χ4n) is 1.84. The van der Waals surface area contributed by atoms with Crippen molar-refractivity contribution < 1.29 is 0 Å². The van der Waals surface area contributed by atoms with Crippen molar-refractivity contribution in [2.45, 2.75) is 26.8 Å². The number of hydrogen-bond acceptors (Lipinski definition) is 5. The average molecular weight is 237 g/mol. The number of aryl methyl sites for hydroxylation is 1. The molecule has 0 spiro atoms. The zero-order chi connectivity index (χ0) is 13.0. The summed E-state index contributed by atoms with van der Waals surface area (Å²) in [5.41, 5.74) is 1.06. The smallest absolute Gasteiger partial charge is 0.135 e. The Morgan fingerprint density at radius 3 is 2.29 bits per heavy atom. The molecule has 1 rings (SSSR count). The van der Waals surface area contributed by atoms with Crippen LogP contribution in [-0.4, -0.2) is 48.6 Å². The van der Waals surface area contributed by atoms with E-state index in [0.717, 1.165) is 29.6 Å². The molecule has 0 fully saturated rings. The van der Waals surface area contributed by atoms with E-state index in [2.05, 4.69) is 46.5 Å². The van der Waals surface area contributed by atoms with Crippen molar-refractivity contribution in [3.63, 3.8) is 0 Å². The first-order valence-electron chi connectivity index (χ1n) is 5.88. The third-order valence-corrected chi connectivity index (χ3v) is 2.52. The summed E-state index contributed by atoms with van der Waals surface area (Å²) in [5.74, 6) is 2.58. The van der Waals surface area contributed by atoms with E-state index in [1.165, 1.54) is 0 Å². The van der Waals surface area contributed by atoms with Crippen LogP contribution in [0.1, 0.15) is 18.3 Å². The van der Waals surface area contributed by atoms with Gasteiger partial charge in [-0.15, -0.1) is 0 Å². The Labute approximate surface area is 104 Å². The van der Waals surface area contributed by atoms with Crippen LogP contribution in [0.4, 0.5) is 11.6 Å². The lowest BCUT2D eigenvalue weighted by Crippen LogP contribution is -2.30. The fraction of sp³-hybridized carbons (Fsp3) is 0.667. The maximum absolute atomic E-state index is 4.45. The van der Waals surface area contributed by atoms with Crippen molar-refractivity contribution >= 4 is 11.6 Å². The second-order valence-corrected chi connectivity index (χ2v) is 4.65. The molecule has 0 aliphatic heterocycles. The van der Waals surface area contributed by atoms with Gasteiger partial charge in [0.1, 0.15) is 17.5 Å². The van der Waals surface area contributed by atoms with E-state index < -0.39 is 0 Å². The molecule has 2 N–H and O–H groups in total. The molecule has 0 saturated carbocycles. The van der Waals surface area contributed by atoms with Crippen molar-refractivity contribution in [2.24, 2.45) is 0 Å². The predicted octanol–water partition coefficient (Wildman–Crippen LogP) is 1.50. The number of nitrogens with one attached hydrogen (secondary N) is 2. The van der Waals surface area contributed by atoms with Crippen LogP contribution in [0, 0.1) is 13.8 Å². The molecule has 0 bridgehead atoms. The van der Waals surface area contributed by atoms with Crippen LogP contribution in [0.3, 0.4) is 0 Å². The van der Waals surface area contributed by atoms with Crippen LogP contribution in [0.15, 0.2) is 0 Å². The summed E-state index contributed by atoms with van der Waals surface area (Å²) in [5, 5.41) is 6.51. The van der Waals surface area contributed by atoms with Crippen LogP contribution in [0.5, 0.6) is 0 Å². The highest BCUT2D eigenvalue weighted by Gasteiger charge is 2.10. The molecule has 0 radical (unpaired) electrons. The van der Waals surface area contributed by atoms with Crippen LogP contribution in [0.25, 0.3) is 0 Å². The molecular weight excluding hydrogens is 214 g/mol. The molecular formula is C12H23N5. The Hall–Kier alpha value is -1.36. The molecule has 0 aliphatic rings. The van der Waals surface area contributed by atoms with Gasteiger partial charge in [0.25, 0.3) is 0 Å². The second-order valence-electron chi connectivity index (χ2n) is 4.65. The summed E-state index contributed by atoms with van der Waals surface area (Å²) < 4.78 is 0. The molecule has 1 aromatic rings. The number of hydrogen-bond donors (Lipinski definition) is 2. The van der Waals surface area contributed by atoms with Crippen LogP contribution in [0.2, 0.25) is 0 Å². The van der Waals surface area contributed by atoms with Gasteiger partial charge in [-0.3, -0.25) is 0 Å². The minimum atomic E-state index is 0.350. The molecule has 17 heavy (non-hydrogen) atoms. The number of anilines is 2. The first kappa shape index (κ1) is 13.7. The normalized spacial score (nSPS) is 12.6. The van der Waals surface area contributed by atoms with E-state index in [1.54, 1.807) is 0 Å². The third-order valence-electron chi connectivity index (χ3n) is 2.52. The highest BCUT2D eigenvalue weighted by Crippen LogP contribution is 2.19. The van der Waals surface area contributed by atoms with E-state index >= 15 is 0 Å². The lowest BCUT2D eigenvalue weighted by Gasteiger charge is -2.20. The van der Waals surface area contributed by atoms with Crippen molar-refractivity contribution in [3.8, 4) is 0 Å². The minimum absolute atomic E-state index is 0.350. The van der Waals surface area contributed by atoms with Crippen molar-refractivity contribution in [1.29, 1.82) is 0 Å². The van der Waals surface area contributed by atoms with Gasteiger partial charge < -0.3 is 15.5 Å². The molecule has 1 heterocycles. The van der Waals surface area contributed by atoms with Gasteiger partial charge in [-0.25, -0.2) is 9.97 Å². The molecule has 0 aromatic carbocycles. The molecule has 0 amide bonds. The van der Waals surface area contributed by atoms with E-state index in [4.69, 9.17) is 0 Å². The lowest BCUT2D eigenvalue weighted by atomic mass is 10.2. The summed E-state index contributed by atoms with van der Waals surface area (Å²) >= 11 is 0. The summed E-state index contributed by atoms with van der Waals surface area (Å²) in [7, 11) is 6.01. The van der Waals surface area contributed by atoms with Gasteiger partial charge in [-0.1, -0.05) is 0 Å². The molecule has 96 valence electrons. The van der Waals surface area contributed by atoms with Crippen molar-refractivity contribution in [2.75, 3.05) is 38.3 Å². The third kappa shape index (κ3) is 3.85. The SMILES string of the molecule is CNc1nc(C)nc(NC(C)CN(C)C)c1C. The van der Waals surface area contributed by atoms with Gasteiger partial charge in [0.2, 0.25) is 0 Å². The molecule has 1 unspecified atom stereocenters. The molecule has 5 nitrogen and oxygen atoms in total. The van der Waals surface area contributed by atoms with E-state index in [0.29, 0.717) is 6.04 Å². The molecule has 1 atom stereocenters. The Bertz CT molecular complexity index is 375. The van der Waals surface area contributed by atoms with Gasteiger partial charge in [-0.05, 0) is 34.9 Å². The highest BCUT2D eigenvalue weighted by molar-refractivity contribution is 5.57. The largest absolute Gasteiger partial charge is 0.373 e. The first-order valence-corrected chi connectivity index (χ1v) is 5.88. The van der Waals surface area contributed by atoms with Crippen molar-refractivity contribution in [1.82, 2.24) is 14.9 Å². The summed E-state index contributed by atoms with van der Waals surface area (Å²) in [6.07, 6.45) is 0. The number of likely N-dealkylation sites (N-methyl/N-ethyl adjacent to an activating group) is 1. The van der Waals surface area contributed by atoms with Crippen LogP contribution in [-0.2, 0) is 0 Å². The average Bonchev–Trinajstić information content (AvgIpc) is 2.21. The number of nitrogens with zero attached hydrogens (tertiary/aromatic N) is 3. The highest BCUT2D eigenvalue weighted by atomic mass is 15.1.